The molecule has 2 aromatic heterocycles. The molecule has 2 amide bonds. The summed E-state index contributed by atoms with van der Waals surface area (Å²) in [5.74, 6) is 1.71. The van der Waals surface area contributed by atoms with Crippen molar-refractivity contribution in [2.75, 3.05) is 75.4 Å². The van der Waals surface area contributed by atoms with Gasteiger partial charge in [-0.2, -0.15) is 0 Å². The zero-order valence-corrected chi connectivity index (χ0v) is 17.6. The maximum Gasteiger partial charge on any atom is 0.248 e. The molecule has 2 fully saturated rings. The number of pyridine rings is 2. The molecule has 4 rings (SSSR count). The third kappa shape index (κ3) is 5.49. The number of ether oxygens (including phenoxy) is 1. The lowest BCUT2D eigenvalue weighted by Gasteiger charge is -2.36. The van der Waals surface area contributed by atoms with E-state index in [0.717, 1.165) is 37.8 Å². The largest absolute Gasteiger partial charge is 0.362 e. The molecule has 0 radical (unpaired) electrons. The first kappa shape index (κ1) is 21.0. The number of carbonyl (C=O) groups excluding carboxylic acids is 2. The number of rotatable bonds is 6. The van der Waals surface area contributed by atoms with Gasteiger partial charge < -0.3 is 24.3 Å². The lowest BCUT2D eigenvalue weighted by Crippen LogP contribution is -2.51. The van der Waals surface area contributed by atoms with Crippen molar-refractivity contribution >= 4 is 23.5 Å². The van der Waals surface area contributed by atoms with Gasteiger partial charge in [0, 0.05) is 64.8 Å². The summed E-state index contributed by atoms with van der Waals surface area (Å²) in [7, 11) is 0. The maximum atomic E-state index is 12.4. The second-order valence-corrected chi connectivity index (χ2v) is 7.60. The highest BCUT2D eigenvalue weighted by Crippen LogP contribution is 2.14. The molecule has 0 bridgehead atoms. The lowest BCUT2D eigenvalue weighted by molar-refractivity contribution is -0.142. The minimum Gasteiger partial charge on any atom is -0.362 e. The molecule has 2 aliphatic rings. The highest BCUT2D eigenvalue weighted by Gasteiger charge is 2.24. The average molecular weight is 425 g/mol. The summed E-state index contributed by atoms with van der Waals surface area (Å²) in [4.78, 5) is 41.5. The van der Waals surface area contributed by atoms with E-state index in [9.17, 15) is 9.59 Å². The van der Waals surface area contributed by atoms with Gasteiger partial charge in [0.05, 0.1) is 0 Å². The Bertz CT molecular complexity index is 779. The van der Waals surface area contributed by atoms with Crippen molar-refractivity contribution in [1.29, 1.82) is 0 Å². The van der Waals surface area contributed by atoms with E-state index >= 15 is 0 Å². The predicted octanol–water partition coefficient (Wildman–Crippen LogP) is 0.491. The minimum atomic E-state index is -0.0755. The van der Waals surface area contributed by atoms with Crippen molar-refractivity contribution in [2.45, 2.75) is 0 Å². The fourth-order valence-corrected chi connectivity index (χ4v) is 3.86. The van der Waals surface area contributed by atoms with Gasteiger partial charge >= 0.3 is 0 Å². The van der Waals surface area contributed by atoms with Gasteiger partial charge in [0.1, 0.15) is 24.8 Å². The molecule has 0 atom stereocenters. The zero-order chi connectivity index (χ0) is 21.5. The van der Waals surface area contributed by atoms with E-state index in [1.165, 1.54) is 0 Å². The summed E-state index contributed by atoms with van der Waals surface area (Å²) in [6.07, 6.45) is 3.55. The van der Waals surface area contributed by atoms with Gasteiger partial charge in [-0.15, -0.1) is 0 Å². The minimum absolute atomic E-state index is 0.0662. The Kier molecular flexibility index (Phi) is 6.93. The van der Waals surface area contributed by atoms with Gasteiger partial charge in [-0.25, -0.2) is 9.97 Å². The molecule has 0 spiro atoms. The highest BCUT2D eigenvalue weighted by atomic mass is 16.5. The molecule has 4 heterocycles. The second kappa shape index (κ2) is 10.2. The van der Waals surface area contributed by atoms with Gasteiger partial charge in [-0.1, -0.05) is 12.1 Å². The average Bonchev–Trinajstić information content (AvgIpc) is 2.85. The Morgan fingerprint density at radius 3 is 1.45 bits per heavy atom. The molecule has 2 saturated heterocycles. The number of hydrogen-bond acceptors (Lipinski definition) is 7. The van der Waals surface area contributed by atoms with Crippen molar-refractivity contribution in [2.24, 2.45) is 0 Å². The van der Waals surface area contributed by atoms with Crippen LogP contribution in [0.25, 0.3) is 0 Å². The molecule has 9 nitrogen and oxygen atoms in total. The summed E-state index contributed by atoms with van der Waals surface area (Å²) >= 11 is 0. The Morgan fingerprint density at radius 2 is 1.10 bits per heavy atom. The van der Waals surface area contributed by atoms with E-state index in [0.29, 0.717) is 26.2 Å². The Morgan fingerprint density at radius 1 is 0.677 bits per heavy atom. The van der Waals surface area contributed by atoms with Crippen LogP contribution in [0.5, 0.6) is 0 Å². The van der Waals surface area contributed by atoms with Crippen LogP contribution in [-0.2, 0) is 14.3 Å². The lowest BCUT2D eigenvalue weighted by atomic mass is 10.3. The van der Waals surface area contributed by atoms with Gasteiger partial charge in [-0.05, 0) is 24.3 Å². The molecule has 0 aliphatic carbocycles. The van der Waals surface area contributed by atoms with Gasteiger partial charge in [0.2, 0.25) is 11.8 Å². The number of hydrogen-bond donors (Lipinski definition) is 0. The molecular weight excluding hydrogens is 396 g/mol. The predicted molar refractivity (Wildman–Crippen MR) is 117 cm³/mol. The van der Waals surface area contributed by atoms with E-state index < -0.39 is 0 Å². The molecule has 2 aliphatic heterocycles. The quantitative estimate of drug-likeness (QED) is 0.668. The van der Waals surface area contributed by atoms with Crippen LogP contribution in [-0.4, -0.2) is 97.2 Å². The smallest absolute Gasteiger partial charge is 0.248 e. The Labute approximate surface area is 182 Å². The van der Waals surface area contributed by atoms with E-state index in [1.54, 1.807) is 22.2 Å². The van der Waals surface area contributed by atoms with Crippen LogP contribution >= 0.6 is 0 Å². The van der Waals surface area contributed by atoms with Crippen LogP contribution < -0.4 is 9.80 Å². The van der Waals surface area contributed by atoms with Crippen LogP contribution in [0.4, 0.5) is 11.6 Å². The molecule has 0 aromatic carbocycles. The molecule has 2 aromatic rings. The number of aromatic nitrogens is 2. The maximum absolute atomic E-state index is 12.4. The standard InChI is InChI=1S/C22H28N6O3/c29-21(27-13-9-25(10-14-27)19-5-1-3-7-23-19)17-31-18-22(30)28-15-11-26(12-16-28)20-6-2-4-8-24-20/h1-8H,9-18H2. The fraction of sp³-hybridized carbons (Fsp3) is 0.455. The van der Waals surface area contributed by atoms with E-state index in [2.05, 4.69) is 19.8 Å². The van der Waals surface area contributed by atoms with Crippen molar-refractivity contribution in [3.63, 3.8) is 0 Å². The first-order valence-electron chi connectivity index (χ1n) is 10.7. The molecule has 31 heavy (non-hydrogen) atoms. The molecule has 0 unspecified atom stereocenters. The first-order chi connectivity index (χ1) is 15.2. The molecule has 0 saturated carbocycles. The molecule has 9 heteroatoms. The number of piperazine rings is 2. The first-order valence-corrected chi connectivity index (χ1v) is 10.7. The second-order valence-electron chi connectivity index (χ2n) is 7.60. The molecular formula is C22H28N6O3. The third-order valence-corrected chi connectivity index (χ3v) is 5.66. The number of anilines is 2. The fourth-order valence-electron chi connectivity index (χ4n) is 3.86. The number of nitrogens with zero attached hydrogens (tertiary/aromatic N) is 6. The van der Waals surface area contributed by atoms with Crippen molar-refractivity contribution in [3.8, 4) is 0 Å². The topological polar surface area (TPSA) is 82.1 Å². The van der Waals surface area contributed by atoms with Crippen molar-refractivity contribution in [1.82, 2.24) is 19.8 Å². The van der Waals surface area contributed by atoms with Crippen LogP contribution in [0.15, 0.2) is 48.8 Å². The van der Waals surface area contributed by atoms with Crippen LogP contribution in [0.2, 0.25) is 0 Å². The number of carbonyl (C=O) groups is 2. The monoisotopic (exact) mass is 424 g/mol. The van der Waals surface area contributed by atoms with Gasteiger partial charge in [0.15, 0.2) is 0 Å². The Balaban J connectivity index is 1.14. The van der Waals surface area contributed by atoms with Crippen molar-refractivity contribution < 1.29 is 14.3 Å². The Hall–Kier alpha value is -3.20. The zero-order valence-electron chi connectivity index (χ0n) is 17.6. The number of amides is 2. The summed E-state index contributed by atoms with van der Waals surface area (Å²) in [5, 5.41) is 0. The summed E-state index contributed by atoms with van der Waals surface area (Å²) in [5.41, 5.74) is 0. The van der Waals surface area contributed by atoms with Crippen molar-refractivity contribution in [3.05, 3.63) is 48.8 Å². The molecule has 0 N–H and O–H groups in total. The van der Waals surface area contributed by atoms with Crippen LogP contribution in [0.3, 0.4) is 0 Å². The summed E-state index contributed by atoms with van der Waals surface area (Å²) in [6, 6.07) is 11.7. The normalized spacial score (nSPS) is 17.0. The summed E-state index contributed by atoms with van der Waals surface area (Å²) < 4.78 is 5.45. The van der Waals surface area contributed by atoms with Gasteiger partial charge in [-0.3, -0.25) is 9.59 Å². The van der Waals surface area contributed by atoms with E-state index in [-0.39, 0.29) is 25.0 Å². The summed E-state index contributed by atoms with van der Waals surface area (Å²) in [6.45, 7) is 5.33. The van der Waals surface area contributed by atoms with E-state index in [1.807, 2.05) is 36.4 Å². The van der Waals surface area contributed by atoms with Crippen LogP contribution in [0.1, 0.15) is 0 Å². The van der Waals surface area contributed by atoms with Crippen LogP contribution in [0, 0.1) is 0 Å². The SMILES string of the molecule is O=C(COCC(=O)N1CCN(c2ccccn2)CC1)N1CCN(c2ccccn2)CC1. The van der Waals surface area contributed by atoms with E-state index in [4.69, 9.17) is 4.74 Å². The molecule has 164 valence electrons. The van der Waals surface area contributed by atoms with Gasteiger partial charge in [0.25, 0.3) is 0 Å². The third-order valence-electron chi connectivity index (χ3n) is 5.66. The highest BCUT2D eigenvalue weighted by molar-refractivity contribution is 5.80.